The number of hydrogen-bond acceptors (Lipinski definition) is 4. The van der Waals surface area contributed by atoms with Crippen molar-refractivity contribution in [3.8, 4) is 0 Å². The van der Waals surface area contributed by atoms with Gasteiger partial charge < -0.3 is 15.5 Å². The molecule has 1 fully saturated rings. The molecule has 1 aromatic rings. The number of rotatable bonds is 9. The highest BCUT2D eigenvalue weighted by Crippen LogP contribution is 2.29. The van der Waals surface area contributed by atoms with Gasteiger partial charge in [0.2, 0.25) is 5.91 Å². The first-order valence-electron chi connectivity index (χ1n) is 12.2. The third-order valence-electron chi connectivity index (χ3n) is 5.99. The van der Waals surface area contributed by atoms with Crippen LogP contribution in [0, 0.1) is 0 Å². The molecule has 0 saturated carbocycles. The van der Waals surface area contributed by atoms with Gasteiger partial charge in [-0.1, -0.05) is 50.8 Å². The SMILES string of the molecule is C=C/C(=C\C=C\c1ccc2c(c1)N=C(N)CC(C(=O)N(CCC)CCC)=C2)C(=O)N1CCCC1. The van der Waals surface area contributed by atoms with Gasteiger partial charge >= 0.3 is 0 Å². The van der Waals surface area contributed by atoms with E-state index in [1.165, 1.54) is 0 Å². The van der Waals surface area contributed by atoms with Gasteiger partial charge in [-0.2, -0.15) is 0 Å². The van der Waals surface area contributed by atoms with Crippen molar-refractivity contribution in [2.75, 3.05) is 26.2 Å². The average Bonchev–Trinajstić information content (AvgIpc) is 3.31. The molecule has 0 aliphatic carbocycles. The van der Waals surface area contributed by atoms with Crippen molar-refractivity contribution < 1.29 is 9.59 Å². The molecule has 6 nitrogen and oxygen atoms in total. The molecule has 180 valence electrons. The number of carbonyl (C=O) groups is 2. The first-order valence-corrected chi connectivity index (χ1v) is 12.2. The van der Waals surface area contributed by atoms with Gasteiger partial charge in [0.15, 0.2) is 0 Å². The van der Waals surface area contributed by atoms with Crippen LogP contribution >= 0.6 is 0 Å². The Morgan fingerprint density at radius 1 is 1.18 bits per heavy atom. The van der Waals surface area contributed by atoms with Crippen molar-refractivity contribution in [1.29, 1.82) is 0 Å². The minimum atomic E-state index is 0.0268. The summed E-state index contributed by atoms with van der Waals surface area (Å²) in [5.74, 6) is 0.486. The summed E-state index contributed by atoms with van der Waals surface area (Å²) in [6.07, 6.45) is 13.4. The summed E-state index contributed by atoms with van der Waals surface area (Å²) in [5.41, 5.74) is 9.99. The third kappa shape index (κ3) is 6.34. The molecule has 0 radical (unpaired) electrons. The fourth-order valence-electron chi connectivity index (χ4n) is 4.30. The van der Waals surface area contributed by atoms with E-state index in [0.29, 0.717) is 23.4 Å². The lowest BCUT2D eigenvalue weighted by molar-refractivity contribution is -0.127. The fraction of sp³-hybridized carbons (Fsp3) is 0.393. The lowest BCUT2D eigenvalue weighted by atomic mass is 10.0. The summed E-state index contributed by atoms with van der Waals surface area (Å²) < 4.78 is 0. The molecule has 0 spiro atoms. The van der Waals surface area contributed by atoms with E-state index in [4.69, 9.17) is 5.73 Å². The maximum atomic E-state index is 13.1. The molecule has 34 heavy (non-hydrogen) atoms. The summed E-state index contributed by atoms with van der Waals surface area (Å²) >= 11 is 0. The second-order valence-corrected chi connectivity index (χ2v) is 8.74. The minimum Gasteiger partial charge on any atom is -0.387 e. The Hall–Kier alpha value is -3.41. The summed E-state index contributed by atoms with van der Waals surface area (Å²) in [6, 6.07) is 5.88. The molecule has 2 aliphatic rings. The zero-order valence-corrected chi connectivity index (χ0v) is 20.4. The van der Waals surface area contributed by atoms with E-state index in [0.717, 1.165) is 68.7 Å². The summed E-state index contributed by atoms with van der Waals surface area (Å²) in [4.78, 5) is 34.0. The molecule has 2 amide bonds. The quantitative estimate of drug-likeness (QED) is 0.422. The number of amides is 2. The van der Waals surface area contributed by atoms with Crippen LogP contribution in [0.5, 0.6) is 0 Å². The molecular formula is C28H36N4O2. The monoisotopic (exact) mass is 460 g/mol. The average molecular weight is 461 g/mol. The second-order valence-electron chi connectivity index (χ2n) is 8.74. The van der Waals surface area contributed by atoms with Crippen molar-refractivity contribution in [1.82, 2.24) is 9.80 Å². The number of nitrogens with two attached hydrogens (primary N) is 1. The van der Waals surface area contributed by atoms with Gasteiger partial charge in [-0.05, 0) is 49.5 Å². The maximum absolute atomic E-state index is 13.1. The molecule has 3 rings (SSSR count). The van der Waals surface area contributed by atoms with E-state index in [-0.39, 0.29) is 11.8 Å². The normalized spacial score (nSPS) is 16.1. The minimum absolute atomic E-state index is 0.0268. The molecule has 2 N–H and O–H groups in total. The number of allylic oxidation sites excluding steroid dienone is 2. The van der Waals surface area contributed by atoms with Crippen LogP contribution in [0.2, 0.25) is 0 Å². The number of benzene rings is 1. The van der Waals surface area contributed by atoms with E-state index in [1.54, 1.807) is 12.2 Å². The summed E-state index contributed by atoms with van der Waals surface area (Å²) in [6.45, 7) is 11.0. The third-order valence-corrected chi connectivity index (χ3v) is 5.99. The molecule has 6 heteroatoms. The number of aliphatic imine (C=N–C) groups is 1. The Labute approximate surface area is 203 Å². The zero-order valence-electron chi connectivity index (χ0n) is 20.4. The highest BCUT2D eigenvalue weighted by molar-refractivity contribution is 6.05. The predicted octanol–water partition coefficient (Wildman–Crippen LogP) is 4.86. The van der Waals surface area contributed by atoms with Crippen molar-refractivity contribution in [2.24, 2.45) is 10.7 Å². The van der Waals surface area contributed by atoms with Gasteiger partial charge in [0, 0.05) is 49.3 Å². The van der Waals surface area contributed by atoms with E-state index in [2.05, 4.69) is 25.4 Å². The van der Waals surface area contributed by atoms with Crippen LogP contribution < -0.4 is 5.73 Å². The number of nitrogens with zero attached hydrogens (tertiary/aromatic N) is 3. The number of carbonyl (C=O) groups excluding carboxylic acids is 2. The predicted molar refractivity (Wildman–Crippen MR) is 141 cm³/mol. The van der Waals surface area contributed by atoms with E-state index < -0.39 is 0 Å². The van der Waals surface area contributed by atoms with E-state index >= 15 is 0 Å². The van der Waals surface area contributed by atoms with Crippen LogP contribution in [0.4, 0.5) is 5.69 Å². The number of hydrogen-bond donors (Lipinski definition) is 1. The van der Waals surface area contributed by atoms with Crippen LogP contribution in [-0.2, 0) is 9.59 Å². The van der Waals surface area contributed by atoms with Crippen LogP contribution in [0.3, 0.4) is 0 Å². The standard InChI is InChI=1S/C28H36N4O2/c1-4-14-31(15-5-2)28(34)24-19-23-13-12-21(18-25(23)30-26(29)20-24)10-9-11-22(6-3)27(33)32-16-7-8-17-32/h6,9-13,18-19H,3-5,7-8,14-17,20H2,1-2H3,(H2,29,30)/b10-9+,22-11+. The molecule has 0 aromatic heterocycles. The Morgan fingerprint density at radius 3 is 2.53 bits per heavy atom. The van der Waals surface area contributed by atoms with Gasteiger partial charge in [-0.25, -0.2) is 4.99 Å². The van der Waals surface area contributed by atoms with Crippen LogP contribution in [0.25, 0.3) is 12.2 Å². The largest absolute Gasteiger partial charge is 0.387 e. The van der Waals surface area contributed by atoms with Gasteiger partial charge in [0.1, 0.15) is 5.84 Å². The fourth-order valence-corrected chi connectivity index (χ4v) is 4.30. The van der Waals surface area contributed by atoms with Gasteiger partial charge in [-0.15, -0.1) is 0 Å². The summed E-state index contributed by atoms with van der Waals surface area (Å²) in [7, 11) is 0. The first-order chi connectivity index (χ1) is 16.5. The Morgan fingerprint density at radius 2 is 1.88 bits per heavy atom. The Bertz CT molecular complexity index is 1040. The van der Waals surface area contributed by atoms with Crippen molar-refractivity contribution in [3.05, 3.63) is 65.3 Å². The van der Waals surface area contributed by atoms with Crippen molar-refractivity contribution >= 4 is 35.5 Å². The van der Waals surface area contributed by atoms with Crippen LogP contribution in [0.1, 0.15) is 57.1 Å². The zero-order chi connectivity index (χ0) is 24.5. The maximum Gasteiger partial charge on any atom is 0.253 e. The molecule has 2 aliphatic heterocycles. The number of likely N-dealkylation sites (tertiary alicyclic amines) is 1. The lowest BCUT2D eigenvalue weighted by Gasteiger charge is -2.22. The van der Waals surface area contributed by atoms with E-state index in [9.17, 15) is 9.59 Å². The topological polar surface area (TPSA) is 79.0 Å². The smallest absolute Gasteiger partial charge is 0.253 e. The summed E-state index contributed by atoms with van der Waals surface area (Å²) in [5, 5.41) is 0. The Balaban J connectivity index is 1.81. The second kappa shape index (κ2) is 12.2. The number of amidine groups is 1. The molecule has 1 saturated heterocycles. The van der Waals surface area contributed by atoms with Crippen LogP contribution in [0.15, 0.2) is 59.1 Å². The molecule has 0 atom stereocenters. The van der Waals surface area contributed by atoms with Crippen molar-refractivity contribution in [3.63, 3.8) is 0 Å². The molecule has 2 heterocycles. The van der Waals surface area contributed by atoms with E-state index in [1.807, 2.05) is 46.2 Å². The van der Waals surface area contributed by atoms with Crippen LogP contribution in [-0.4, -0.2) is 53.6 Å². The first kappa shape index (κ1) is 25.2. The van der Waals surface area contributed by atoms with Gasteiger partial charge in [0.25, 0.3) is 5.91 Å². The molecule has 1 aromatic carbocycles. The van der Waals surface area contributed by atoms with Crippen molar-refractivity contribution in [2.45, 2.75) is 46.0 Å². The molecule has 0 bridgehead atoms. The number of fused-ring (bicyclic) bond motifs is 1. The molecular weight excluding hydrogens is 424 g/mol. The Kier molecular flexibility index (Phi) is 9.02. The molecule has 0 unspecified atom stereocenters. The highest BCUT2D eigenvalue weighted by atomic mass is 16.2. The van der Waals surface area contributed by atoms with Gasteiger partial charge in [0.05, 0.1) is 5.69 Å². The highest BCUT2D eigenvalue weighted by Gasteiger charge is 2.21. The van der Waals surface area contributed by atoms with Gasteiger partial charge in [-0.3, -0.25) is 9.59 Å². The lowest BCUT2D eigenvalue weighted by Crippen LogP contribution is -2.34.